The Morgan fingerprint density at radius 1 is 0.889 bits per heavy atom. The van der Waals surface area contributed by atoms with Crippen LogP contribution in [0.4, 0.5) is 4.39 Å². The summed E-state index contributed by atoms with van der Waals surface area (Å²) in [6, 6.07) is 13.2. The molecule has 2 aromatic carbocycles. The lowest BCUT2D eigenvalue weighted by Crippen LogP contribution is -1.97. The topological polar surface area (TPSA) is 37.3 Å². The van der Waals surface area contributed by atoms with Gasteiger partial charge in [-0.25, -0.2) is 9.18 Å². The highest BCUT2D eigenvalue weighted by Gasteiger charge is 2.02. The van der Waals surface area contributed by atoms with Crippen LogP contribution in [0, 0.1) is 5.82 Å². The van der Waals surface area contributed by atoms with Crippen molar-refractivity contribution >= 4 is 5.97 Å². The number of hydrogen-bond donors (Lipinski definition) is 1. The number of carboxylic acid groups (broad SMARTS) is 1. The Morgan fingerprint density at radius 2 is 1.33 bits per heavy atom. The van der Waals surface area contributed by atoms with Crippen LogP contribution in [0.25, 0.3) is 0 Å². The molecule has 18 heavy (non-hydrogen) atoms. The molecule has 92 valence electrons. The summed E-state index contributed by atoms with van der Waals surface area (Å²) in [5.41, 5.74) is 2.43. The lowest BCUT2D eigenvalue weighted by Gasteiger charge is -2.03. The molecule has 0 spiro atoms. The van der Waals surface area contributed by atoms with Crippen LogP contribution >= 0.6 is 0 Å². The van der Waals surface area contributed by atoms with Crippen molar-refractivity contribution in [3.05, 3.63) is 71.0 Å². The average molecular weight is 244 g/mol. The number of rotatable bonds is 4. The van der Waals surface area contributed by atoms with Crippen LogP contribution in [0.1, 0.15) is 21.5 Å². The van der Waals surface area contributed by atoms with E-state index in [-0.39, 0.29) is 5.82 Å². The first kappa shape index (κ1) is 12.3. The molecule has 0 aliphatic rings. The molecule has 0 atom stereocenters. The summed E-state index contributed by atoms with van der Waals surface area (Å²) in [5, 5.41) is 8.77. The van der Waals surface area contributed by atoms with E-state index in [1.165, 1.54) is 12.1 Å². The van der Waals surface area contributed by atoms with Crippen LogP contribution in [0.15, 0.2) is 48.5 Å². The molecule has 0 aliphatic heterocycles. The minimum absolute atomic E-state index is 0.232. The van der Waals surface area contributed by atoms with Gasteiger partial charge in [-0.15, -0.1) is 0 Å². The molecule has 0 saturated heterocycles. The number of carboxylic acids is 1. The second-order valence-corrected chi connectivity index (χ2v) is 4.13. The zero-order valence-corrected chi connectivity index (χ0v) is 9.77. The highest BCUT2D eigenvalue weighted by molar-refractivity contribution is 5.87. The van der Waals surface area contributed by atoms with E-state index in [4.69, 9.17) is 5.11 Å². The number of hydrogen-bond acceptors (Lipinski definition) is 1. The van der Waals surface area contributed by atoms with Gasteiger partial charge in [0, 0.05) is 0 Å². The first-order valence-electron chi connectivity index (χ1n) is 5.72. The molecule has 1 N–H and O–H groups in total. The molecular weight excluding hydrogens is 231 g/mol. The molecule has 0 fully saturated rings. The van der Waals surface area contributed by atoms with Crippen molar-refractivity contribution in [1.29, 1.82) is 0 Å². The summed E-state index contributed by atoms with van der Waals surface area (Å²) in [7, 11) is 0. The van der Waals surface area contributed by atoms with Gasteiger partial charge in [-0.1, -0.05) is 24.3 Å². The summed E-state index contributed by atoms with van der Waals surface area (Å²) < 4.78 is 12.7. The van der Waals surface area contributed by atoms with Gasteiger partial charge >= 0.3 is 5.97 Å². The highest BCUT2D eigenvalue weighted by atomic mass is 19.1. The van der Waals surface area contributed by atoms with E-state index in [0.717, 1.165) is 24.0 Å². The number of halogens is 1. The van der Waals surface area contributed by atoms with Crippen molar-refractivity contribution in [2.24, 2.45) is 0 Å². The van der Waals surface area contributed by atoms with Gasteiger partial charge in [0.05, 0.1) is 5.56 Å². The van der Waals surface area contributed by atoms with Gasteiger partial charge in [0.2, 0.25) is 0 Å². The lowest BCUT2D eigenvalue weighted by atomic mass is 10.0. The summed E-state index contributed by atoms with van der Waals surface area (Å²) in [6.07, 6.45) is 1.62. The average Bonchev–Trinajstić information content (AvgIpc) is 2.38. The van der Waals surface area contributed by atoms with Crippen molar-refractivity contribution in [3.63, 3.8) is 0 Å². The van der Waals surface area contributed by atoms with Crippen molar-refractivity contribution in [2.75, 3.05) is 0 Å². The number of carbonyl (C=O) groups is 1. The normalized spacial score (nSPS) is 10.3. The molecule has 3 heteroatoms. The molecule has 0 aromatic heterocycles. The highest BCUT2D eigenvalue weighted by Crippen LogP contribution is 2.10. The molecule has 0 amide bonds. The molecular formula is C15H13FO2. The van der Waals surface area contributed by atoms with E-state index in [0.29, 0.717) is 5.56 Å². The van der Waals surface area contributed by atoms with Gasteiger partial charge in [0.1, 0.15) is 5.82 Å². The maximum absolute atomic E-state index is 12.7. The molecule has 2 nitrogen and oxygen atoms in total. The Kier molecular flexibility index (Phi) is 3.72. The van der Waals surface area contributed by atoms with E-state index in [9.17, 15) is 9.18 Å². The van der Waals surface area contributed by atoms with E-state index in [1.807, 2.05) is 12.1 Å². The summed E-state index contributed by atoms with van der Waals surface area (Å²) in [6.45, 7) is 0. The van der Waals surface area contributed by atoms with Gasteiger partial charge in [-0.3, -0.25) is 0 Å². The summed E-state index contributed by atoms with van der Waals surface area (Å²) in [5.74, 6) is -1.15. The Hall–Kier alpha value is -2.16. The predicted octanol–water partition coefficient (Wildman–Crippen LogP) is 3.31. The SMILES string of the molecule is O=C(O)c1ccc(CCc2ccc(F)cc2)cc1. The second-order valence-electron chi connectivity index (χ2n) is 4.13. The monoisotopic (exact) mass is 244 g/mol. The Labute approximate surface area is 105 Å². The maximum atomic E-state index is 12.7. The van der Waals surface area contributed by atoms with Gasteiger partial charge in [-0.05, 0) is 48.2 Å². The minimum atomic E-state index is -0.917. The fraction of sp³-hybridized carbons (Fsp3) is 0.133. The zero-order valence-electron chi connectivity index (χ0n) is 9.77. The van der Waals surface area contributed by atoms with E-state index >= 15 is 0 Å². The van der Waals surface area contributed by atoms with Crippen molar-refractivity contribution in [1.82, 2.24) is 0 Å². The quantitative estimate of drug-likeness (QED) is 0.895. The molecule has 2 rings (SSSR count). The molecule has 0 aliphatic carbocycles. The number of aromatic carboxylic acids is 1. The third-order valence-electron chi connectivity index (χ3n) is 2.82. The first-order chi connectivity index (χ1) is 8.65. The van der Waals surface area contributed by atoms with Crippen LogP contribution < -0.4 is 0 Å². The molecule has 0 unspecified atom stereocenters. The van der Waals surface area contributed by atoms with Crippen LogP contribution in [-0.4, -0.2) is 11.1 Å². The smallest absolute Gasteiger partial charge is 0.335 e. The van der Waals surface area contributed by atoms with E-state index < -0.39 is 5.97 Å². The zero-order chi connectivity index (χ0) is 13.0. The van der Waals surface area contributed by atoms with Gasteiger partial charge in [-0.2, -0.15) is 0 Å². The van der Waals surface area contributed by atoms with Crippen LogP contribution in [-0.2, 0) is 12.8 Å². The Bertz CT molecular complexity index is 529. The summed E-state index contributed by atoms with van der Waals surface area (Å²) in [4.78, 5) is 10.7. The second kappa shape index (κ2) is 5.45. The van der Waals surface area contributed by atoms with E-state index in [1.54, 1.807) is 24.3 Å². The fourth-order valence-corrected chi connectivity index (χ4v) is 1.75. The molecule has 2 aromatic rings. The molecule has 0 heterocycles. The standard InChI is InChI=1S/C15H13FO2/c16-14-9-5-12(6-10-14)2-1-11-3-7-13(8-4-11)15(17)18/h3-10H,1-2H2,(H,17,18). The maximum Gasteiger partial charge on any atom is 0.335 e. The minimum Gasteiger partial charge on any atom is -0.478 e. The van der Waals surface area contributed by atoms with Crippen molar-refractivity contribution in [3.8, 4) is 0 Å². The van der Waals surface area contributed by atoms with Crippen molar-refractivity contribution in [2.45, 2.75) is 12.8 Å². The molecule has 0 bridgehead atoms. The van der Waals surface area contributed by atoms with Gasteiger partial charge < -0.3 is 5.11 Å². The number of aryl methyl sites for hydroxylation is 2. The van der Waals surface area contributed by atoms with Crippen LogP contribution in [0.2, 0.25) is 0 Å². The fourth-order valence-electron chi connectivity index (χ4n) is 1.75. The van der Waals surface area contributed by atoms with Gasteiger partial charge in [0.15, 0.2) is 0 Å². The Balaban J connectivity index is 1.97. The lowest BCUT2D eigenvalue weighted by molar-refractivity contribution is 0.0697. The Morgan fingerprint density at radius 3 is 1.78 bits per heavy atom. The largest absolute Gasteiger partial charge is 0.478 e. The van der Waals surface area contributed by atoms with Crippen molar-refractivity contribution < 1.29 is 14.3 Å². The van der Waals surface area contributed by atoms with Crippen LogP contribution in [0.5, 0.6) is 0 Å². The molecule has 0 radical (unpaired) electrons. The van der Waals surface area contributed by atoms with E-state index in [2.05, 4.69) is 0 Å². The predicted molar refractivity (Wildman–Crippen MR) is 67.2 cm³/mol. The summed E-state index contributed by atoms with van der Waals surface area (Å²) >= 11 is 0. The van der Waals surface area contributed by atoms with Crippen LogP contribution in [0.3, 0.4) is 0 Å². The molecule has 0 saturated carbocycles. The first-order valence-corrected chi connectivity index (χ1v) is 5.72. The third kappa shape index (κ3) is 3.17. The number of benzene rings is 2. The third-order valence-corrected chi connectivity index (χ3v) is 2.82. The van der Waals surface area contributed by atoms with Gasteiger partial charge in [0.25, 0.3) is 0 Å².